The molecular formula is C13H17N3O. The fourth-order valence-corrected chi connectivity index (χ4v) is 1.18. The zero-order valence-corrected chi connectivity index (χ0v) is 10.4. The highest BCUT2D eigenvalue weighted by molar-refractivity contribution is 5.92. The normalized spacial score (nSPS) is 10.7. The highest BCUT2D eigenvalue weighted by Gasteiger charge is 2.11. The molecule has 2 N–H and O–H groups in total. The van der Waals surface area contributed by atoms with Gasteiger partial charge in [0, 0.05) is 11.2 Å². The van der Waals surface area contributed by atoms with Crippen LogP contribution >= 0.6 is 0 Å². The average molecular weight is 231 g/mol. The van der Waals surface area contributed by atoms with Crippen LogP contribution in [0.1, 0.15) is 26.3 Å². The summed E-state index contributed by atoms with van der Waals surface area (Å²) in [5.41, 5.74) is 1.20. The maximum Gasteiger partial charge on any atom is 0.238 e. The fourth-order valence-electron chi connectivity index (χ4n) is 1.18. The predicted molar refractivity (Wildman–Crippen MR) is 67.5 cm³/mol. The summed E-state index contributed by atoms with van der Waals surface area (Å²) in [6.07, 6.45) is 0. The van der Waals surface area contributed by atoms with Crippen molar-refractivity contribution in [2.24, 2.45) is 0 Å². The molecule has 0 spiro atoms. The fraction of sp³-hybridized carbons (Fsp3) is 0.385. The molecule has 0 atom stereocenters. The van der Waals surface area contributed by atoms with E-state index < -0.39 is 0 Å². The van der Waals surface area contributed by atoms with Gasteiger partial charge in [0.1, 0.15) is 0 Å². The van der Waals surface area contributed by atoms with Gasteiger partial charge in [-0.3, -0.25) is 4.79 Å². The van der Waals surface area contributed by atoms with Gasteiger partial charge < -0.3 is 10.6 Å². The lowest BCUT2D eigenvalue weighted by Crippen LogP contribution is -2.41. The van der Waals surface area contributed by atoms with Crippen LogP contribution in [-0.4, -0.2) is 18.0 Å². The van der Waals surface area contributed by atoms with E-state index in [4.69, 9.17) is 5.26 Å². The lowest BCUT2D eigenvalue weighted by Gasteiger charge is -2.19. The number of anilines is 1. The van der Waals surface area contributed by atoms with Gasteiger partial charge >= 0.3 is 0 Å². The van der Waals surface area contributed by atoms with Crippen LogP contribution in [-0.2, 0) is 4.79 Å². The van der Waals surface area contributed by atoms with Crippen molar-refractivity contribution < 1.29 is 4.79 Å². The molecule has 0 heterocycles. The number of nitrogens with zero attached hydrogens (tertiary/aromatic N) is 1. The van der Waals surface area contributed by atoms with Crippen LogP contribution < -0.4 is 10.6 Å². The maximum absolute atomic E-state index is 11.6. The van der Waals surface area contributed by atoms with Crippen LogP contribution in [0.2, 0.25) is 0 Å². The van der Waals surface area contributed by atoms with E-state index >= 15 is 0 Å². The molecule has 0 aromatic heterocycles. The molecule has 0 radical (unpaired) electrons. The summed E-state index contributed by atoms with van der Waals surface area (Å²) in [7, 11) is 0. The first-order chi connectivity index (χ1) is 7.90. The van der Waals surface area contributed by atoms with Crippen molar-refractivity contribution >= 4 is 11.6 Å². The smallest absolute Gasteiger partial charge is 0.238 e. The van der Waals surface area contributed by atoms with Crippen molar-refractivity contribution in [2.45, 2.75) is 26.3 Å². The molecule has 0 aliphatic carbocycles. The minimum Gasteiger partial charge on any atom is -0.325 e. The van der Waals surface area contributed by atoms with Crippen molar-refractivity contribution in [1.82, 2.24) is 5.32 Å². The first kappa shape index (κ1) is 13.2. The minimum absolute atomic E-state index is 0.0813. The Morgan fingerprint density at radius 1 is 1.29 bits per heavy atom. The molecule has 0 aliphatic rings. The molecule has 0 aliphatic heterocycles. The molecule has 1 aromatic carbocycles. The van der Waals surface area contributed by atoms with E-state index in [1.165, 1.54) is 0 Å². The third kappa shape index (κ3) is 5.14. The Kier molecular flexibility index (Phi) is 4.24. The van der Waals surface area contributed by atoms with Gasteiger partial charge in [-0.15, -0.1) is 0 Å². The van der Waals surface area contributed by atoms with Gasteiger partial charge in [-0.05, 0) is 45.0 Å². The summed E-state index contributed by atoms with van der Waals surface area (Å²) in [6.45, 7) is 6.27. The number of benzene rings is 1. The van der Waals surface area contributed by atoms with Gasteiger partial charge in [-0.25, -0.2) is 0 Å². The SMILES string of the molecule is CC(C)(C)NCC(=O)Nc1ccc(C#N)cc1. The molecule has 1 aromatic rings. The van der Waals surface area contributed by atoms with Gasteiger partial charge in [-0.1, -0.05) is 0 Å². The van der Waals surface area contributed by atoms with Crippen LogP contribution in [0.5, 0.6) is 0 Å². The summed E-state index contributed by atoms with van der Waals surface area (Å²) in [6, 6.07) is 8.81. The highest BCUT2D eigenvalue weighted by atomic mass is 16.1. The Morgan fingerprint density at radius 3 is 2.35 bits per heavy atom. The monoisotopic (exact) mass is 231 g/mol. The summed E-state index contributed by atoms with van der Waals surface area (Å²) in [4.78, 5) is 11.6. The Morgan fingerprint density at radius 2 is 1.88 bits per heavy atom. The topological polar surface area (TPSA) is 64.9 Å². The number of hydrogen-bond donors (Lipinski definition) is 2. The summed E-state index contributed by atoms with van der Waals surface area (Å²) in [5.74, 6) is -0.0929. The Balaban J connectivity index is 2.48. The Bertz CT molecular complexity index is 423. The second-order valence-corrected chi connectivity index (χ2v) is 4.84. The zero-order valence-electron chi connectivity index (χ0n) is 10.4. The van der Waals surface area contributed by atoms with E-state index in [1.807, 2.05) is 26.8 Å². The molecule has 4 heteroatoms. The van der Waals surface area contributed by atoms with Crippen molar-refractivity contribution in [3.05, 3.63) is 29.8 Å². The molecule has 0 saturated heterocycles. The molecule has 0 unspecified atom stereocenters. The van der Waals surface area contributed by atoms with Crippen LogP contribution in [0.15, 0.2) is 24.3 Å². The number of nitriles is 1. The zero-order chi connectivity index (χ0) is 12.9. The number of carbonyl (C=O) groups excluding carboxylic acids is 1. The number of nitrogens with one attached hydrogen (secondary N) is 2. The Hall–Kier alpha value is -1.86. The van der Waals surface area contributed by atoms with Gasteiger partial charge in [0.25, 0.3) is 0 Å². The van der Waals surface area contributed by atoms with E-state index in [1.54, 1.807) is 24.3 Å². The second-order valence-electron chi connectivity index (χ2n) is 4.84. The maximum atomic E-state index is 11.6. The van der Waals surface area contributed by atoms with Crippen LogP contribution in [0.4, 0.5) is 5.69 Å². The lowest BCUT2D eigenvalue weighted by atomic mass is 10.1. The first-order valence-electron chi connectivity index (χ1n) is 5.46. The molecule has 1 amide bonds. The molecule has 17 heavy (non-hydrogen) atoms. The van der Waals surface area contributed by atoms with Crippen molar-refractivity contribution in [3.8, 4) is 6.07 Å². The predicted octanol–water partition coefficient (Wildman–Crippen LogP) is 1.88. The highest BCUT2D eigenvalue weighted by Crippen LogP contribution is 2.08. The molecular weight excluding hydrogens is 214 g/mol. The average Bonchev–Trinajstić information content (AvgIpc) is 2.27. The summed E-state index contributed by atoms with van der Waals surface area (Å²) < 4.78 is 0. The summed E-state index contributed by atoms with van der Waals surface area (Å²) in [5, 5.41) is 14.5. The van der Waals surface area contributed by atoms with E-state index in [-0.39, 0.29) is 18.0 Å². The molecule has 0 fully saturated rings. The summed E-state index contributed by atoms with van der Waals surface area (Å²) >= 11 is 0. The third-order valence-corrected chi connectivity index (χ3v) is 2.08. The minimum atomic E-state index is -0.0929. The number of rotatable bonds is 3. The van der Waals surface area contributed by atoms with E-state index in [2.05, 4.69) is 10.6 Å². The second kappa shape index (κ2) is 5.46. The van der Waals surface area contributed by atoms with E-state index in [9.17, 15) is 4.79 Å². The standard InChI is InChI=1S/C13H17N3O/c1-13(2,3)15-9-12(17)16-11-6-4-10(8-14)5-7-11/h4-7,15H,9H2,1-3H3,(H,16,17). The van der Waals surface area contributed by atoms with Crippen LogP contribution in [0, 0.1) is 11.3 Å². The lowest BCUT2D eigenvalue weighted by molar-refractivity contribution is -0.115. The number of carbonyl (C=O) groups is 1. The van der Waals surface area contributed by atoms with Crippen LogP contribution in [0.3, 0.4) is 0 Å². The van der Waals surface area contributed by atoms with Gasteiger partial charge in [0.2, 0.25) is 5.91 Å². The van der Waals surface area contributed by atoms with E-state index in [0.717, 1.165) is 0 Å². The van der Waals surface area contributed by atoms with Crippen molar-refractivity contribution in [3.63, 3.8) is 0 Å². The molecule has 90 valence electrons. The van der Waals surface area contributed by atoms with Gasteiger partial charge in [0.15, 0.2) is 0 Å². The molecule has 4 nitrogen and oxygen atoms in total. The van der Waals surface area contributed by atoms with E-state index in [0.29, 0.717) is 11.3 Å². The largest absolute Gasteiger partial charge is 0.325 e. The molecule has 0 bridgehead atoms. The van der Waals surface area contributed by atoms with Gasteiger partial charge in [-0.2, -0.15) is 5.26 Å². The van der Waals surface area contributed by atoms with Crippen molar-refractivity contribution in [2.75, 3.05) is 11.9 Å². The number of hydrogen-bond acceptors (Lipinski definition) is 3. The quantitative estimate of drug-likeness (QED) is 0.834. The number of amides is 1. The Labute approximate surface area is 102 Å². The molecule has 0 saturated carbocycles. The molecule has 1 rings (SSSR count). The van der Waals surface area contributed by atoms with Crippen molar-refractivity contribution in [1.29, 1.82) is 5.26 Å². The van der Waals surface area contributed by atoms with Crippen LogP contribution in [0.25, 0.3) is 0 Å². The first-order valence-corrected chi connectivity index (χ1v) is 5.46. The third-order valence-electron chi connectivity index (χ3n) is 2.08. The van der Waals surface area contributed by atoms with Gasteiger partial charge in [0.05, 0.1) is 18.2 Å².